The number of allylic oxidation sites excluding steroid dienone is 1. The molecular weight excluding hydrogens is 254 g/mol. The molecule has 3 aliphatic rings. The van der Waals surface area contributed by atoms with Crippen molar-refractivity contribution in [1.29, 1.82) is 5.26 Å². The number of ketones is 1. The van der Waals surface area contributed by atoms with Gasteiger partial charge in [0.1, 0.15) is 5.92 Å². The van der Waals surface area contributed by atoms with E-state index in [0.717, 1.165) is 12.0 Å². The maximum Gasteiger partial charge on any atom is 0.172 e. The van der Waals surface area contributed by atoms with Crippen LogP contribution in [0.15, 0.2) is 11.6 Å². The highest BCUT2D eigenvalue weighted by Crippen LogP contribution is 2.58. The number of rotatable bonds is 0. The van der Waals surface area contributed by atoms with Crippen molar-refractivity contribution >= 4 is 5.78 Å². The van der Waals surface area contributed by atoms with Gasteiger partial charge in [0, 0.05) is 18.3 Å². The molecule has 3 rings (SSSR count). The Hall–Kier alpha value is -1.18. The monoisotopic (exact) mass is 275 g/mol. The zero-order valence-corrected chi connectivity index (χ0v) is 12.4. The van der Waals surface area contributed by atoms with Crippen molar-refractivity contribution in [3.8, 4) is 6.07 Å². The van der Waals surface area contributed by atoms with Gasteiger partial charge in [-0.15, -0.1) is 0 Å². The van der Waals surface area contributed by atoms with Crippen LogP contribution in [0, 0.1) is 28.1 Å². The molecule has 4 heteroatoms. The molecule has 4 nitrogen and oxygen atoms in total. The van der Waals surface area contributed by atoms with E-state index in [-0.39, 0.29) is 11.2 Å². The minimum Gasteiger partial charge on any atom is -0.347 e. The van der Waals surface area contributed by atoms with Gasteiger partial charge in [0.25, 0.3) is 0 Å². The SMILES string of the molecule is CC12CC(C#N)C(=O)C(C)(C)C1=CCC1(C2)OCCO1. The van der Waals surface area contributed by atoms with Crippen LogP contribution >= 0.6 is 0 Å². The van der Waals surface area contributed by atoms with Crippen molar-refractivity contribution in [2.75, 3.05) is 13.2 Å². The third-order valence-electron chi connectivity index (χ3n) is 5.16. The number of fused-ring (bicyclic) bond motifs is 1. The van der Waals surface area contributed by atoms with Gasteiger partial charge in [0.05, 0.1) is 19.3 Å². The summed E-state index contributed by atoms with van der Waals surface area (Å²) in [7, 11) is 0. The molecule has 1 saturated heterocycles. The molecule has 108 valence electrons. The Labute approximate surface area is 119 Å². The Kier molecular flexibility index (Phi) is 2.87. The van der Waals surface area contributed by atoms with Crippen molar-refractivity contribution in [2.24, 2.45) is 16.7 Å². The number of nitriles is 1. The summed E-state index contributed by atoms with van der Waals surface area (Å²) in [6, 6.07) is 2.19. The molecule has 0 aromatic carbocycles. The summed E-state index contributed by atoms with van der Waals surface area (Å²) in [6.45, 7) is 7.28. The molecule has 0 bridgehead atoms. The molecule has 1 saturated carbocycles. The van der Waals surface area contributed by atoms with Crippen molar-refractivity contribution in [3.63, 3.8) is 0 Å². The molecule has 0 N–H and O–H groups in total. The number of nitrogens with zero attached hydrogens (tertiary/aromatic N) is 1. The first-order valence-corrected chi connectivity index (χ1v) is 7.26. The normalized spacial score (nSPS) is 38.2. The van der Waals surface area contributed by atoms with E-state index >= 15 is 0 Å². The maximum atomic E-state index is 12.5. The molecule has 1 heterocycles. The van der Waals surface area contributed by atoms with Crippen molar-refractivity contribution < 1.29 is 14.3 Å². The fourth-order valence-electron chi connectivity index (χ4n) is 4.39. The van der Waals surface area contributed by atoms with Crippen LogP contribution in [-0.4, -0.2) is 24.8 Å². The number of hydrogen-bond donors (Lipinski definition) is 0. The molecule has 2 fully saturated rings. The molecule has 2 atom stereocenters. The van der Waals surface area contributed by atoms with Crippen LogP contribution in [0.2, 0.25) is 0 Å². The number of hydrogen-bond acceptors (Lipinski definition) is 4. The van der Waals surface area contributed by atoms with E-state index in [1.165, 1.54) is 0 Å². The van der Waals surface area contributed by atoms with Gasteiger partial charge in [0.15, 0.2) is 11.6 Å². The molecule has 0 aromatic heterocycles. The predicted molar refractivity (Wildman–Crippen MR) is 72.6 cm³/mol. The highest BCUT2D eigenvalue weighted by atomic mass is 16.7. The average molecular weight is 275 g/mol. The second kappa shape index (κ2) is 4.16. The Bertz CT molecular complexity index is 522. The summed E-state index contributed by atoms with van der Waals surface area (Å²) < 4.78 is 11.6. The van der Waals surface area contributed by atoms with Gasteiger partial charge in [-0.05, 0) is 25.7 Å². The third kappa shape index (κ3) is 1.77. The average Bonchev–Trinajstić information content (AvgIpc) is 2.81. The maximum absolute atomic E-state index is 12.5. The van der Waals surface area contributed by atoms with Crippen molar-refractivity contribution in [1.82, 2.24) is 0 Å². The molecular formula is C16H21NO3. The fourth-order valence-corrected chi connectivity index (χ4v) is 4.39. The van der Waals surface area contributed by atoms with E-state index in [0.29, 0.717) is 26.1 Å². The van der Waals surface area contributed by atoms with Gasteiger partial charge in [0.2, 0.25) is 0 Å². The molecule has 20 heavy (non-hydrogen) atoms. The summed E-state index contributed by atoms with van der Waals surface area (Å²) in [5.74, 6) is -1.01. The van der Waals surface area contributed by atoms with Crippen LogP contribution in [0.4, 0.5) is 0 Å². The summed E-state index contributed by atoms with van der Waals surface area (Å²) in [6.07, 6.45) is 4.14. The lowest BCUT2D eigenvalue weighted by Crippen LogP contribution is -2.51. The number of carbonyl (C=O) groups excluding carboxylic acids is 1. The van der Waals surface area contributed by atoms with Crippen molar-refractivity contribution in [3.05, 3.63) is 11.6 Å². The first-order valence-electron chi connectivity index (χ1n) is 7.26. The number of ether oxygens (including phenoxy) is 2. The lowest BCUT2D eigenvalue weighted by Gasteiger charge is -2.52. The van der Waals surface area contributed by atoms with Gasteiger partial charge < -0.3 is 9.47 Å². The molecule has 1 spiro atoms. The van der Waals surface area contributed by atoms with Crippen LogP contribution in [0.5, 0.6) is 0 Å². The summed E-state index contributed by atoms with van der Waals surface area (Å²) >= 11 is 0. The third-order valence-corrected chi connectivity index (χ3v) is 5.16. The Morgan fingerprint density at radius 2 is 1.95 bits per heavy atom. The summed E-state index contributed by atoms with van der Waals surface area (Å²) in [4.78, 5) is 12.5. The van der Waals surface area contributed by atoms with Gasteiger partial charge in [-0.3, -0.25) is 4.79 Å². The molecule has 0 amide bonds. The minimum absolute atomic E-state index is 0.0490. The highest BCUT2D eigenvalue weighted by Gasteiger charge is 2.57. The van der Waals surface area contributed by atoms with Gasteiger partial charge in [-0.1, -0.05) is 18.6 Å². The van der Waals surface area contributed by atoms with E-state index in [1.54, 1.807) is 0 Å². The molecule has 2 aliphatic carbocycles. The second-order valence-corrected chi connectivity index (χ2v) is 7.04. The standard InChI is InChI=1S/C16H21NO3/c1-14(2)12-4-5-16(19-6-7-20-16)10-15(12,3)8-11(9-17)13(14)18/h4,11H,5-8,10H2,1-3H3. The van der Waals surface area contributed by atoms with E-state index in [9.17, 15) is 10.1 Å². The van der Waals surface area contributed by atoms with Crippen LogP contribution in [0.25, 0.3) is 0 Å². The Balaban J connectivity index is 2.03. The number of Topliss-reactive ketones (excluding diaryl/α,β-unsaturated/α-hetero) is 1. The van der Waals surface area contributed by atoms with Gasteiger partial charge in [-0.2, -0.15) is 5.26 Å². The van der Waals surface area contributed by atoms with Crippen LogP contribution in [0.3, 0.4) is 0 Å². The van der Waals surface area contributed by atoms with E-state index < -0.39 is 17.1 Å². The van der Waals surface area contributed by atoms with E-state index in [4.69, 9.17) is 9.47 Å². The molecule has 0 aromatic rings. The van der Waals surface area contributed by atoms with Crippen LogP contribution < -0.4 is 0 Å². The summed E-state index contributed by atoms with van der Waals surface area (Å²) in [5.41, 5.74) is 0.403. The van der Waals surface area contributed by atoms with E-state index in [2.05, 4.69) is 19.1 Å². The highest BCUT2D eigenvalue weighted by molar-refractivity contribution is 5.92. The van der Waals surface area contributed by atoms with Gasteiger partial charge in [-0.25, -0.2) is 0 Å². The Morgan fingerprint density at radius 1 is 1.30 bits per heavy atom. The van der Waals surface area contributed by atoms with Crippen LogP contribution in [0.1, 0.15) is 40.0 Å². The quantitative estimate of drug-likeness (QED) is 0.638. The smallest absolute Gasteiger partial charge is 0.172 e. The zero-order chi connectivity index (χ0) is 14.6. The second-order valence-electron chi connectivity index (χ2n) is 7.04. The predicted octanol–water partition coefficient (Wildman–Crippen LogP) is 2.59. The van der Waals surface area contributed by atoms with E-state index in [1.807, 2.05) is 13.8 Å². The largest absolute Gasteiger partial charge is 0.347 e. The van der Waals surface area contributed by atoms with Crippen LogP contribution in [-0.2, 0) is 14.3 Å². The van der Waals surface area contributed by atoms with Crippen molar-refractivity contribution in [2.45, 2.75) is 45.8 Å². The minimum atomic E-state index is -0.562. The zero-order valence-electron chi connectivity index (χ0n) is 12.4. The Morgan fingerprint density at radius 3 is 2.55 bits per heavy atom. The number of carbonyl (C=O) groups is 1. The summed E-state index contributed by atoms with van der Waals surface area (Å²) in [5, 5.41) is 9.30. The lowest BCUT2D eigenvalue weighted by molar-refractivity contribution is -0.184. The van der Waals surface area contributed by atoms with Gasteiger partial charge >= 0.3 is 0 Å². The first kappa shape index (κ1) is 13.8. The molecule has 2 unspecified atom stereocenters. The topological polar surface area (TPSA) is 59.3 Å². The first-order chi connectivity index (χ1) is 9.33. The fraction of sp³-hybridized carbons (Fsp3) is 0.750. The molecule has 1 aliphatic heterocycles. The molecule has 0 radical (unpaired) electrons. The lowest BCUT2D eigenvalue weighted by atomic mass is 9.53.